The minimum Gasteiger partial charge on any atom is -0.319 e. The predicted molar refractivity (Wildman–Crippen MR) is 82.5 cm³/mol. The molecule has 0 aromatic heterocycles. The molecule has 0 atom stereocenters. The van der Waals surface area contributed by atoms with E-state index in [2.05, 4.69) is 61.7 Å². The number of hydrazine groups is 1. The van der Waals surface area contributed by atoms with E-state index in [0.29, 0.717) is 0 Å². The molecule has 0 saturated heterocycles. The molecule has 2 aromatic carbocycles. The smallest absolute Gasteiger partial charge is 0.0522 e. The Morgan fingerprint density at radius 1 is 0.947 bits per heavy atom. The zero-order valence-electron chi connectivity index (χ0n) is 12.2. The Balaban J connectivity index is 2.34. The Kier molecular flexibility index (Phi) is 4.23. The van der Waals surface area contributed by atoms with E-state index in [1.165, 1.54) is 27.9 Å². The molecule has 100 valence electrons. The van der Waals surface area contributed by atoms with Crippen LogP contribution in [-0.2, 0) is 6.42 Å². The van der Waals surface area contributed by atoms with Gasteiger partial charge in [-0.1, -0.05) is 36.4 Å². The monoisotopic (exact) mass is 254 g/mol. The van der Waals surface area contributed by atoms with Crippen molar-refractivity contribution >= 4 is 5.69 Å². The molecule has 1 N–H and O–H groups in total. The molecule has 2 heteroatoms. The van der Waals surface area contributed by atoms with Gasteiger partial charge in [0, 0.05) is 14.1 Å². The molecular formula is C17H22N2. The standard InChI is InChI=1S/C17H22N2/c1-13-10-11-17(18-19(3)4)14(2)16(13)12-15-8-6-5-7-9-15/h5-11,18H,12H2,1-4H3. The van der Waals surface area contributed by atoms with Gasteiger partial charge in [0.2, 0.25) is 0 Å². The molecule has 0 radical (unpaired) electrons. The van der Waals surface area contributed by atoms with Gasteiger partial charge >= 0.3 is 0 Å². The minimum absolute atomic E-state index is 0.988. The third-order valence-corrected chi connectivity index (χ3v) is 3.40. The number of rotatable bonds is 4. The average Bonchev–Trinajstić information content (AvgIpc) is 2.39. The number of benzene rings is 2. The predicted octanol–water partition coefficient (Wildman–Crippen LogP) is 3.78. The topological polar surface area (TPSA) is 15.3 Å². The van der Waals surface area contributed by atoms with Crippen LogP contribution < -0.4 is 5.43 Å². The number of hydrogen-bond acceptors (Lipinski definition) is 2. The van der Waals surface area contributed by atoms with Crippen LogP contribution in [0.25, 0.3) is 0 Å². The van der Waals surface area contributed by atoms with Crippen molar-refractivity contribution < 1.29 is 0 Å². The molecular weight excluding hydrogens is 232 g/mol. The van der Waals surface area contributed by atoms with Crippen LogP contribution in [0.1, 0.15) is 22.3 Å². The highest BCUT2D eigenvalue weighted by molar-refractivity contribution is 5.56. The Bertz CT molecular complexity index is 545. The van der Waals surface area contributed by atoms with Gasteiger partial charge in [0.1, 0.15) is 0 Å². The van der Waals surface area contributed by atoms with Gasteiger partial charge in [-0.05, 0) is 48.6 Å². The van der Waals surface area contributed by atoms with E-state index in [1.807, 2.05) is 19.1 Å². The van der Waals surface area contributed by atoms with Crippen molar-refractivity contribution in [2.24, 2.45) is 0 Å². The Labute approximate surface area is 116 Å². The molecule has 0 aliphatic heterocycles. The average molecular weight is 254 g/mol. The van der Waals surface area contributed by atoms with Crippen LogP contribution in [0.4, 0.5) is 5.69 Å². The highest BCUT2D eigenvalue weighted by Crippen LogP contribution is 2.25. The lowest BCUT2D eigenvalue weighted by Gasteiger charge is -2.19. The molecule has 2 nitrogen and oxygen atoms in total. The fourth-order valence-corrected chi connectivity index (χ4v) is 2.33. The molecule has 0 amide bonds. The second kappa shape index (κ2) is 5.89. The Morgan fingerprint density at radius 2 is 1.63 bits per heavy atom. The van der Waals surface area contributed by atoms with E-state index < -0.39 is 0 Å². The van der Waals surface area contributed by atoms with Gasteiger partial charge in [-0.3, -0.25) is 0 Å². The molecule has 0 saturated carbocycles. The maximum absolute atomic E-state index is 3.36. The highest BCUT2D eigenvalue weighted by atomic mass is 15.5. The zero-order valence-corrected chi connectivity index (χ0v) is 12.2. The van der Waals surface area contributed by atoms with Gasteiger partial charge in [-0.2, -0.15) is 0 Å². The first-order chi connectivity index (χ1) is 9.08. The Hall–Kier alpha value is -1.80. The van der Waals surface area contributed by atoms with E-state index >= 15 is 0 Å². The summed E-state index contributed by atoms with van der Waals surface area (Å²) in [5, 5.41) is 1.98. The van der Waals surface area contributed by atoms with Gasteiger partial charge in [-0.25, -0.2) is 5.01 Å². The summed E-state index contributed by atoms with van der Waals surface area (Å²) in [7, 11) is 4.02. The summed E-state index contributed by atoms with van der Waals surface area (Å²) in [6, 6.07) is 15.0. The first-order valence-electron chi connectivity index (χ1n) is 6.65. The lowest BCUT2D eigenvalue weighted by molar-refractivity contribution is 0.494. The maximum atomic E-state index is 3.36. The van der Waals surface area contributed by atoms with Crippen LogP contribution in [0.5, 0.6) is 0 Å². The van der Waals surface area contributed by atoms with Gasteiger partial charge in [0.15, 0.2) is 0 Å². The molecule has 0 heterocycles. The van der Waals surface area contributed by atoms with Crippen molar-refractivity contribution in [2.45, 2.75) is 20.3 Å². The van der Waals surface area contributed by atoms with E-state index in [4.69, 9.17) is 0 Å². The fourth-order valence-electron chi connectivity index (χ4n) is 2.33. The summed E-state index contributed by atoms with van der Waals surface area (Å²) in [5.74, 6) is 0. The van der Waals surface area contributed by atoms with E-state index in [-0.39, 0.29) is 0 Å². The summed E-state index contributed by atoms with van der Waals surface area (Å²) >= 11 is 0. The summed E-state index contributed by atoms with van der Waals surface area (Å²) in [4.78, 5) is 0. The fraction of sp³-hybridized carbons (Fsp3) is 0.294. The molecule has 0 unspecified atom stereocenters. The summed E-state index contributed by atoms with van der Waals surface area (Å²) in [6.07, 6.45) is 0.988. The summed E-state index contributed by atoms with van der Waals surface area (Å²) in [6.45, 7) is 4.38. The quantitative estimate of drug-likeness (QED) is 0.835. The largest absolute Gasteiger partial charge is 0.319 e. The molecule has 0 spiro atoms. The summed E-state index contributed by atoms with van der Waals surface area (Å²) in [5.41, 5.74) is 10.00. The van der Waals surface area contributed by atoms with Crippen LogP contribution >= 0.6 is 0 Å². The van der Waals surface area contributed by atoms with Crippen LogP contribution in [0.2, 0.25) is 0 Å². The van der Waals surface area contributed by atoms with Crippen molar-refractivity contribution in [1.29, 1.82) is 0 Å². The lowest BCUT2D eigenvalue weighted by Crippen LogP contribution is -2.20. The molecule has 2 aromatic rings. The van der Waals surface area contributed by atoms with E-state index in [1.54, 1.807) is 0 Å². The molecule has 19 heavy (non-hydrogen) atoms. The minimum atomic E-state index is 0.988. The Morgan fingerprint density at radius 3 is 2.26 bits per heavy atom. The maximum Gasteiger partial charge on any atom is 0.0522 e. The van der Waals surface area contributed by atoms with Crippen molar-refractivity contribution in [3.63, 3.8) is 0 Å². The summed E-state index contributed by atoms with van der Waals surface area (Å²) < 4.78 is 0. The van der Waals surface area contributed by atoms with Crippen LogP contribution in [0, 0.1) is 13.8 Å². The third kappa shape index (κ3) is 3.36. The number of anilines is 1. The van der Waals surface area contributed by atoms with Gasteiger partial charge in [0.05, 0.1) is 5.69 Å². The van der Waals surface area contributed by atoms with Crippen molar-refractivity contribution in [1.82, 2.24) is 5.01 Å². The zero-order chi connectivity index (χ0) is 13.8. The molecule has 0 aliphatic rings. The van der Waals surface area contributed by atoms with E-state index in [9.17, 15) is 0 Å². The highest BCUT2D eigenvalue weighted by Gasteiger charge is 2.08. The SMILES string of the molecule is Cc1ccc(NN(C)C)c(C)c1Cc1ccccc1. The normalized spacial score (nSPS) is 10.8. The molecule has 0 bridgehead atoms. The third-order valence-electron chi connectivity index (χ3n) is 3.40. The first-order valence-corrected chi connectivity index (χ1v) is 6.65. The van der Waals surface area contributed by atoms with Crippen molar-refractivity contribution in [3.05, 3.63) is 64.7 Å². The van der Waals surface area contributed by atoms with Gasteiger partial charge in [-0.15, -0.1) is 0 Å². The number of nitrogens with zero attached hydrogens (tertiary/aromatic N) is 1. The van der Waals surface area contributed by atoms with Crippen molar-refractivity contribution in [3.8, 4) is 0 Å². The number of aryl methyl sites for hydroxylation is 1. The molecule has 0 aliphatic carbocycles. The second-order valence-corrected chi connectivity index (χ2v) is 5.20. The first kappa shape index (κ1) is 13.6. The van der Waals surface area contributed by atoms with E-state index in [0.717, 1.165) is 6.42 Å². The number of hydrogen-bond donors (Lipinski definition) is 1. The second-order valence-electron chi connectivity index (χ2n) is 5.20. The van der Waals surface area contributed by atoms with Crippen molar-refractivity contribution in [2.75, 3.05) is 19.5 Å². The van der Waals surface area contributed by atoms with Crippen LogP contribution in [0.3, 0.4) is 0 Å². The lowest BCUT2D eigenvalue weighted by atomic mass is 9.95. The van der Waals surface area contributed by atoms with Gasteiger partial charge in [0.25, 0.3) is 0 Å². The number of nitrogens with one attached hydrogen (secondary N) is 1. The molecule has 2 rings (SSSR count). The van der Waals surface area contributed by atoms with Crippen LogP contribution in [0.15, 0.2) is 42.5 Å². The van der Waals surface area contributed by atoms with Crippen LogP contribution in [-0.4, -0.2) is 19.1 Å². The molecule has 0 fully saturated rings. The van der Waals surface area contributed by atoms with Gasteiger partial charge < -0.3 is 5.43 Å².